The average Bonchev–Trinajstić information content (AvgIpc) is 1.87. The largest absolute Gasteiger partial charge is 0.282 e. The quantitative estimate of drug-likeness (QED) is 0.466. The highest BCUT2D eigenvalue weighted by Gasteiger charge is 2.11. The van der Waals surface area contributed by atoms with E-state index in [9.17, 15) is 4.79 Å². The molecule has 0 spiro atoms. The van der Waals surface area contributed by atoms with Crippen molar-refractivity contribution >= 4 is 28.5 Å². The van der Waals surface area contributed by atoms with Crippen molar-refractivity contribution in [2.24, 2.45) is 0 Å². The Balaban J connectivity index is 2.58. The molecule has 1 aliphatic rings. The fraction of sp³-hybridized carbons (Fsp3) is 0.250. The highest BCUT2D eigenvalue weighted by molar-refractivity contribution is 8.16. The smallest absolute Gasteiger partial charge is 0.213 e. The zero-order valence-corrected chi connectivity index (χ0v) is 5.00. The molecule has 0 radical (unpaired) electrons. The van der Waals surface area contributed by atoms with Crippen LogP contribution in [-0.4, -0.2) is 9.82 Å². The maximum atomic E-state index is 10.2. The summed E-state index contributed by atoms with van der Waals surface area (Å²) in [6.45, 7) is 0. The second-order valence-corrected chi connectivity index (χ2v) is 3.02. The van der Waals surface area contributed by atoms with Gasteiger partial charge in [0.15, 0.2) is 0 Å². The molecule has 1 aliphatic heterocycles. The van der Waals surface area contributed by atoms with Crippen LogP contribution in [0.5, 0.6) is 0 Å². The van der Waals surface area contributed by atoms with Gasteiger partial charge in [-0.1, -0.05) is 17.8 Å². The molecule has 1 nitrogen and oxygen atoms in total. The van der Waals surface area contributed by atoms with Gasteiger partial charge < -0.3 is 0 Å². The Morgan fingerprint density at radius 3 is 2.71 bits per heavy atom. The van der Waals surface area contributed by atoms with Gasteiger partial charge >= 0.3 is 0 Å². The van der Waals surface area contributed by atoms with Crippen LogP contribution >= 0.6 is 23.4 Å². The Labute approximate surface area is 50.7 Å². The highest BCUT2D eigenvalue weighted by Crippen LogP contribution is 2.23. The van der Waals surface area contributed by atoms with Crippen LogP contribution in [0.25, 0.3) is 0 Å². The third-order valence-corrected chi connectivity index (χ3v) is 1.78. The minimum atomic E-state index is -0.118. The van der Waals surface area contributed by atoms with Crippen molar-refractivity contribution in [1.29, 1.82) is 0 Å². The lowest BCUT2D eigenvalue weighted by Gasteiger charge is -1.85. The molecule has 3 heteroatoms. The Kier molecular flexibility index (Phi) is 1.40. The second kappa shape index (κ2) is 1.88. The molecule has 1 rings (SSSR count). The van der Waals surface area contributed by atoms with E-state index in [2.05, 4.69) is 0 Å². The monoisotopic (exact) mass is 134 g/mol. The Bertz CT molecular complexity index is 121. The molecule has 1 atom stereocenters. The number of thioether (sulfide) groups is 1. The Hall–Kier alpha value is 0.0500. The van der Waals surface area contributed by atoms with Gasteiger partial charge in [-0.2, -0.15) is 0 Å². The first-order valence-corrected chi connectivity index (χ1v) is 3.13. The van der Waals surface area contributed by atoms with E-state index in [1.807, 2.05) is 0 Å². The minimum Gasteiger partial charge on any atom is -0.282 e. The van der Waals surface area contributed by atoms with Crippen LogP contribution in [-0.2, 0) is 4.79 Å². The van der Waals surface area contributed by atoms with Crippen LogP contribution in [0, 0.1) is 0 Å². The van der Waals surface area contributed by atoms with Crippen LogP contribution in [0.4, 0.5) is 0 Å². The summed E-state index contributed by atoms with van der Waals surface area (Å²) in [5, 5.41) is 0.0556. The van der Waals surface area contributed by atoms with Crippen molar-refractivity contribution in [3.05, 3.63) is 12.2 Å². The maximum Gasteiger partial charge on any atom is 0.213 e. The van der Waals surface area contributed by atoms with Gasteiger partial charge in [0.05, 0.1) is 0 Å². The highest BCUT2D eigenvalue weighted by atomic mass is 35.5. The fourth-order valence-electron chi connectivity index (χ4n) is 0.344. The number of rotatable bonds is 0. The Morgan fingerprint density at radius 1 is 1.86 bits per heavy atom. The summed E-state index contributed by atoms with van der Waals surface area (Å²) >= 11 is 6.60. The summed E-state index contributed by atoms with van der Waals surface area (Å²) in [5.41, 5.74) is 0. The second-order valence-electron chi connectivity index (χ2n) is 1.15. The summed E-state index contributed by atoms with van der Waals surface area (Å²) in [6.07, 6.45) is 3.16. The third-order valence-electron chi connectivity index (χ3n) is 0.612. The molecule has 1 heterocycles. The van der Waals surface area contributed by atoms with Crippen LogP contribution in [0.3, 0.4) is 0 Å². The van der Waals surface area contributed by atoms with Gasteiger partial charge in [-0.3, -0.25) is 4.79 Å². The van der Waals surface area contributed by atoms with Crippen LogP contribution in [0.15, 0.2) is 12.2 Å². The fourth-order valence-corrected chi connectivity index (χ4v) is 1.22. The first-order valence-electron chi connectivity index (χ1n) is 1.82. The molecule has 0 amide bonds. The molecule has 0 aromatic carbocycles. The Morgan fingerprint density at radius 2 is 2.57 bits per heavy atom. The predicted octanol–water partition coefficient (Wildman–Crippen LogP) is 1.38. The van der Waals surface area contributed by atoms with E-state index in [1.165, 1.54) is 6.08 Å². The third kappa shape index (κ3) is 1.21. The lowest BCUT2D eigenvalue weighted by atomic mass is 10.6. The molecular weight excluding hydrogens is 132 g/mol. The first kappa shape index (κ1) is 5.19. The van der Waals surface area contributed by atoms with Crippen LogP contribution in [0.2, 0.25) is 0 Å². The van der Waals surface area contributed by atoms with E-state index in [0.717, 1.165) is 11.8 Å². The lowest BCUT2D eigenvalue weighted by Crippen LogP contribution is -1.79. The zero-order valence-electron chi connectivity index (χ0n) is 3.43. The molecule has 1 unspecified atom stereocenters. The topological polar surface area (TPSA) is 17.1 Å². The molecule has 0 saturated carbocycles. The van der Waals surface area contributed by atoms with Gasteiger partial charge in [-0.15, -0.1) is 11.6 Å². The number of halogens is 1. The van der Waals surface area contributed by atoms with E-state index in [0.29, 0.717) is 0 Å². The molecule has 38 valence electrons. The van der Waals surface area contributed by atoms with E-state index in [1.54, 1.807) is 6.08 Å². The molecule has 0 N–H and O–H groups in total. The van der Waals surface area contributed by atoms with E-state index in [4.69, 9.17) is 11.6 Å². The van der Waals surface area contributed by atoms with Gasteiger partial charge in [-0.05, 0) is 6.08 Å². The number of hydrogen-bond donors (Lipinski definition) is 0. The van der Waals surface area contributed by atoms with Crippen LogP contribution in [0.1, 0.15) is 0 Å². The van der Waals surface area contributed by atoms with Crippen LogP contribution < -0.4 is 0 Å². The van der Waals surface area contributed by atoms with Crippen molar-refractivity contribution in [3.8, 4) is 0 Å². The summed E-state index contributed by atoms with van der Waals surface area (Å²) in [7, 11) is 0. The van der Waals surface area contributed by atoms with Gasteiger partial charge in [0, 0.05) is 0 Å². The zero-order chi connectivity index (χ0) is 5.28. The number of hydrogen-bond acceptors (Lipinski definition) is 2. The molecule has 0 aliphatic carbocycles. The molecule has 0 aromatic rings. The molecule has 0 saturated heterocycles. The van der Waals surface area contributed by atoms with Gasteiger partial charge in [0.2, 0.25) is 5.12 Å². The number of carbonyl (C=O) groups excluding carboxylic acids is 1. The van der Waals surface area contributed by atoms with E-state index < -0.39 is 0 Å². The number of alkyl halides is 1. The van der Waals surface area contributed by atoms with Gasteiger partial charge in [0.1, 0.15) is 4.71 Å². The predicted molar refractivity (Wildman–Crippen MR) is 31.4 cm³/mol. The standard InChI is InChI=1S/C4H3ClOS/c5-3-1-2-4(6)7-3/h1-3H. The lowest BCUT2D eigenvalue weighted by molar-refractivity contribution is -0.106. The van der Waals surface area contributed by atoms with Crippen molar-refractivity contribution in [1.82, 2.24) is 0 Å². The van der Waals surface area contributed by atoms with Crippen molar-refractivity contribution in [3.63, 3.8) is 0 Å². The molecule has 0 bridgehead atoms. The van der Waals surface area contributed by atoms with Crippen molar-refractivity contribution in [2.75, 3.05) is 0 Å². The molecule has 0 aromatic heterocycles. The van der Waals surface area contributed by atoms with Gasteiger partial charge in [0.25, 0.3) is 0 Å². The van der Waals surface area contributed by atoms with Crippen molar-refractivity contribution in [2.45, 2.75) is 4.71 Å². The van der Waals surface area contributed by atoms with E-state index in [-0.39, 0.29) is 9.82 Å². The number of carbonyl (C=O) groups is 1. The summed E-state index contributed by atoms with van der Waals surface area (Å²) in [4.78, 5) is 10.2. The molecular formula is C4H3ClOS. The average molecular weight is 135 g/mol. The summed E-state index contributed by atoms with van der Waals surface area (Å²) in [6, 6.07) is 0. The maximum absolute atomic E-state index is 10.2. The first-order chi connectivity index (χ1) is 3.29. The molecule has 7 heavy (non-hydrogen) atoms. The summed E-state index contributed by atoms with van der Waals surface area (Å²) < 4.78 is -0.118. The van der Waals surface area contributed by atoms with E-state index >= 15 is 0 Å². The molecule has 0 fully saturated rings. The summed E-state index contributed by atoms with van der Waals surface area (Å²) in [5.74, 6) is 0. The van der Waals surface area contributed by atoms with Gasteiger partial charge in [-0.25, -0.2) is 0 Å². The SMILES string of the molecule is O=C1C=CC(Cl)S1. The minimum absolute atomic E-state index is 0.0556. The normalized spacial score (nSPS) is 29.3. The van der Waals surface area contributed by atoms with Crippen molar-refractivity contribution < 1.29 is 4.79 Å².